The lowest BCUT2D eigenvalue weighted by Crippen LogP contribution is -2.05. The molecule has 112 valence electrons. The van der Waals surface area contributed by atoms with Gasteiger partial charge in [-0.3, -0.25) is 4.79 Å². The number of hydrogen-bond acceptors (Lipinski definition) is 3. The molecule has 0 bridgehead atoms. The Morgan fingerprint density at radius 1 is 1.14 bits per heavy atom. The van der Waals surface area contributed by atoms with Gasteiger partial charge in [-0.25, -0.2) is 4.79 Å². The van der Waals surface area contributed by atoms with Crippen LogP contribution >= 0.6 is 11.3 Å². The van der Waals surface area contributed by atoms with Crippen LogP contribution in [0.25, 0.3) is 20.2 Å². The Kier molecular flexibility index (Phi) is 3.49. The van der Waals surface area contributed by atoms with Crippen molar-refractivity contribution in [3.8, 4) is 0 Å². The Bertz CT molecular complexity index is 967. The fraction of sp³-hybridized carbons (Fsp3) is 0.222. The highest BCUT2D eigenvalue weighted by molar-refractivity contribution is 7.24. The summed E-state index contributed by atoms with van der Waals surface area (Å²) in [6.07, 6.45) is 0. The fourth-order valence-electron chi connectivity index (χ4n) is 2.70. The first-order chi connectivity index (χ1) is 10.4. The second kappa shape index (κ2) is 5.21. The van der Waals surface area contributed by atoms with Gasteiger partial charge in [0.25, 0.3) is 0 Å². The van der Waals surface area contributed by atoms with E-state index in [0.717, 1.165) is 15.0 Å². The van der Waals surface area contributed by atoms with Crippen LogP contribution in [-0.4, -0.2) is 11.1 Å². The van der Waals surface area contributed by atoms with Crippen LogP contribution in [0.15, 0.2) is 35.1 Å². The number of fused-ring (bicyclic) bond motifs is 2. The van der Waals surface area contributed by atoms with Gasteiger partial charge in [0.1, 0.15) is 0 Å². The number of hydrogen-bond donors (Lipinski definition) is 1. The summed E-state index contributed by atoms with van der Waals surface area (Å²) in [5, 5.41) is 10.3. The lowest BCUT2D eigenvalue weighted by molar-refractivity contribution is 0.0697. The van der Waals surface area contributed by atoms with Crippen LogP contribution in [-0.2, 0) is 0 Å². The van der Waals surface area contributed by atoms with Crippen molar-refractivity contribution in [3.05, 3.63) is 57.2 Å². The third kappa shape index (κ3) is 2.29. The molecule has 0 saturated heterocycles. The van der Waals surface area contributed by atoms with Crippen LogP contribution in [0.1, 0.15) is 41.3 Å². The predicted octanol–water partition coefficient (Wildman–Crippen LogP) is 4.54. The van der Waals surface area contributed by atoms with E-state index in [1.807, 2.05) is 13.0 Å². The molecule has 1 heterocycles. The minimum absolute atomic E-state index is 0.0857. The van der Waals surface area contributed by atoms with Crippen molar-refractivity contribution in [2.45, 2.75) is 26.7 Å². The topological polar surface area (TPSA) is 54.4 Å². The average Bonchev–Trinajstić information content (AvgIpc) is 2.47. The second-order valence-electron chi connectivity index (χ2n) is 5.83. The largest absolute Gasteiger partial charge is 0.478 e. The maximum Gasteiger partial charge on any atom is 0.335 e. The van der Waals surface area contributed by atoms with E-state index < -0.39 is 5.97 Å². The van der Waals surface area contributed by atoms with E-state index in [9.17, 15) is 9.59 Å². The molecule has 3 rings (SSSR count). The van der Waals surface area contributed by atoms with Crippen LogP contribution in [0, 0.1) is 6.92 Å². The summed E-state index contributed by atoms with van der Waals surface area (Å²) in [6.45, 7) is 6.21. The Balaban J connectivity index is 2.49. The zero-order valence-electron chi connectivity index (χ0n) is 12.6. The van der Waals surface area contributed by atoms with Crippen LogP contribution < -0.4 is 5.43 Å². The molecule has 22 heavy (non-hydrogen) atoms. The molecule has 0 aliphatic rings. The van der Waals surface area contributed by atoms with Crippen LogP contribution in [0.4, 0.5) is 0 Å². The molecular formula is C18H16O3S. The monoisotopic (exact) mass is 312 g/mol. The molecule has 0 saturated carbocycles. The first kappa shape index (κ1) is 14.7. The molecule has 0 amide bonds. The highest BCUT2D eigenvalue weighted by Gasteiger charge is 2.14. The van der Waals surface area contributed by atoms with Gasteiger partial charge in [-0.05, 0) is 42.7 Å². The molecule has 1 aromatic heterocycles. The molecule has 4 heteroatoms. The molecule has 3 aromatic rings. The molecule has 0 unspecified atom stereocenters. The summed E-state index contributed by atoms with van der Waals surface area (Å²) < 4.78 is 1.83. The molecule has 0 fully saturated rings. The van der Waals surface area contributed by atoms with E-state index in [0.29, 0.717) is 16.7 Å². The van der Waals surface area contributed by atoms with Crippen molar-refractivity contribution in [1.29, 1.82) is 0 Å². The Hall–Kier alpha value is -2.20. The van der Waals surface area contributed by atoms with Crippen LogP contribution in [0.5, 0.6) is 0 Å². The summed E-state index contributed by atoms with van der Waals surface area (Å²) in [6, 6.07) is 8.78. The van der Waals surface area contributed by atoms with Crippen LogP contribution in [0.3, 0.4) is 0 Å². The van der Waals surface area contributed by atoms with E-state index in [4.69, 9.17) is 5.11 Å². The molecule has 0 atom stereocenters. The number of carbonyl (C=O) groups is 1. The number of carboxylic acids is 1. The van der Waals surface area contributed by atoms with Gasteiger partial charge in [0.2, 0.25) is 0 Å². The number of benzene rings is 2. The molecule has 2 aromatic carbocycles. The van der Waals surface area contributed by atoms with Crippen molar-refractivity contribution in [2.24, 2.45) is 0 Å². The van der Waals surface area contributed by atoms with Gasteiger partial charge in [0, 0.05) is 20.2 Å². The highest BCUT2D eigenvalue weighted by Crippen LogP contribution is 2.32. The lowest BCUT2D eigenvalue weighted by Gasteiger charge is -2.12. The summed E-state index contributed by atoms with van der Waals surface area (Å²) in [4.78, 5) is 23.9. The van der Waals surface area contributed by atoms with Crippen LogP contribution in [0.2, 0.25) is 0 Å². The molecule has 0 radical (unpaired) electrons. The smallest absolute Gasteiger partial charge is 0.335 e. The summed E-state index contributed by atoms with van der Waals surface area (Å²) in [5.74, 6) is -0.688. The molecule has 0 spiro atoms. The molecule has 0 aliphatic heterocycles. The van der Waals surface area contributed by atoms with Gasteiger partial charge in [0.05, 0.1) is 5.56 Å². The minimum Gasteiger partial charge on any atom is -0.478 e. The zero-order valence-corrected chi connectivity index (χ0v) is 13.5. The predicted molar refractivity (Wildman–Crippen MR) is 91.4 cm³/mol. The molecule has 1 N–H and O–H groups in total. The van der Waals surface area contributed by atoms with Gasteiger partial charge in [0.15, 0.2) is 5.43 Å². The van der Waals surface area contributed by atoms with Crippen molar-refractivity contribution < 1.29 is 9.90 Å². The number of rotatable bonds is 2. The van der Waals surface area contributed by atoms with E-state index >= 15 is 0 Å². The lowest BCUT2D eigenvalue weighted by atomic mass is 9.98. The summed E-state index contributed by atoms with van der Waals surface area (Å²) in [5.41, 5.74) is 2.28. The summed E-state index contributed by atoms with van der Waals surface area (Å²) in [7, 11) is 0. The molecular weight excluding hydrogens is 296 g/mol. The Labute approximate surface area is 131 Å². The van der Waals surface area contributed by atoms with Gasteiger partial charge >= 0.3 is 5.97 Å². The Morgan fingerprint density at radius 3 is 2.50 bits per heavy atom. The van der Waals surface area contributed by atoms with Gasteiger partial charge in [-0.2, -0.15) is 0 Å². The second-order valence-corrected chi connectivity index (χ2v) is 6.89. The minimum atomic E-state index is -1.02. The molecule has 0 aliphatic carbocycles. The van der Waals surface area contributed by atoms with Crippen molar-refractivity contribution in [1.82, 2.24) is 0 Å². The first-order valence-corrected chi connectivity index (χ1v) is 7.94. The van der Waals surface area contributed by atoms with Gasteiger partial charge in [-0.15, -0.1) is 11.3 Å². The van der Waals surface area contributed by atoms with E-state index in [1.54, 1.807) is 23.5 Å². The summed E-state index contributed by atoms with van der Waals surface area (Å²) >= 11 is 1.56. The number of carboxylic acid groups (broad SMARTS) is 1. The van der Waals surface area contributed by atoms with Crippen molar-refractivity contribution in [3.63, 3.8) is 0 Å². The average molecular weight is 312 g/mol. The van der Waals surface area contributed by atoms with E-state index in [2.05, 4.69) is 19.9 Å². The number of aromatic carboxylic acids is 1. The van der Waals surface area contributed by atoms with Crippen molar-refractivity contribution >= 4 is 37.5 Å². The van der Waals surface area contributed by atoms with E-state index in [1.165, 1.54) is 11.6 Å². The standard InChI is InChI=1S/C18H16O3S/c1-9(2)12-6-10(3)7-14-16(19)13-8-11(18(20)21)4-5-15(13)22-17(12)14/h4-9H,1-3H3,(H,20,21). The normalized spacial score (nSPS) is 11.5. The first-order valence-electron chi connectivity index (χ1n) is 7.13. The number of aryl methyl sites for hydroxylation is 1. The maximum atomic E-state index is 12.8. The zero-order chi connectivity index (χ0) is 16.0. The Morgan fingerprint density at radius 2 is 1.86 bits per heavy atom. The highest BCUT2D eigenvalue weighted by atomic mass is 32.1. The van der Waals surface area contributed by atoms with E-state index in [-0.39, 0.29) is 11.0 Å². The van der Waals surface area contributed by atoms with Gasteiger partial charge < -0.3 is 5.11 Å². The van der Waals surface area contributed by atoms with Crippen molar-refractivity contribution in [2.75, 3.05) is 0 Å². The molecule has 3 nitrogen and oxygen atoms in total. The third-order valence-corrected chi connectivity index (χ3v) is 5.05. The third-order valence-electron chi connectivity index (χ3n) is 3.81. The maximum absolute atomic E-state index is 12.8. The fourth-order valence-corrected chi connectivity index (χ4v) is 3.99. The van der Waals surface area contributed by atoms with Gasteiger partial charge in [-0.1, -0.05) is 25.5 Å². The quantitative estimate of drug-likeness (QED) is 0.707. The SMILES string of the molecule is Cc1cc(C(C)C)c2sc3ccc(C(=O)O)cc3c(=O)c2c1.